The Balaban J connectivity index is 3.75. The first-order valence-electron chi connectivity index (χ1n) is 2.36. The van der Waals surface area contributed by atoms with Crippen molar-refractivity contribution in [2.75, 3.05) is 6.61 Å². The van der Waals surface area contributed by atoms with Gasteiger partial charge in [0.1, 0.15) is 0 Å². The van der Waals surface area contributed by atoms with E-state index in [2.05, 4.69) is 4.18 Å². The summed E-state index contributed by atoms with van der Waals surface area (Å²) >= 11 is -2.61. The molecular weight excluding hydrogens is 313 g/mol. The van der Waals surface area contributed by atoms with E-state index in [1.807, 2.05) is 0 Å². The third kappa shape index (κ3) is 4.92. The third-order valence-corrected chi connectivity index (χ3v) is 4.28. The normalized spacial score (nSPS) is 11.2. The van der Waals surface area contributed by atoms with Gasteiger partial charge in [-0.1, -0.05) is 0 Å². The summed E-state index contributed by atoms with van der Waals surface area (Å²) < 4.78 is 34.8. The van der Waals surface area contributed by atoms with E-state index in [1.165, 1.54) is 0 Å². The van der Waals surface area contributed by atoms with Gasteiger partial charge in [0.25, 0.3) is 0 Å². The second-order valence-electron chi connectivity index (χ2n) is 1.32. The molecule has 0 aromatic heterocycles. The van der Waals surface area contributed by atoms with Gasteiger partial charge in [0.05, 0.1) is 0 Å². The van der Waals surface area contributed by atoms with Gasteiger partial charge >= 0.3 is 61.8 Å². The minimum atomic E-state index is -3.56. The molecular formula is C3H7O4STa. The van der Waals surface area contributed by atoms with Gasteiger partial charge in [-0.25, -0.2) is 0 Å². The van der Waals surface area contributed by atoms with E-state index in [1.54, 1.807) is 6.92 Å². The molecule has 4 nitrogen and oxygen atoms in total. The van der Waals surface area contributed by atoms with Gasteiger partial charge in [-0.3, -0.25) is 0 Å². The van der Waals surface area contributed by atoms with Crippen molar-refractivity contribution >= 4 is 7.58 Å². The zero-order valence-electron chi connectivity index (χ0n) is 4.90. The van der Waals surface area contributed by atoms with Crippen LogP contribution in [0.4, 0.5) is 0 Å². The van der Waals surface area contributed by atoms with Gasteiger partial charge in [0, 0.05) is 0 Å². The predicted octanol–water partition coefficient (Wildman–Crippen LogP) is 0.0858. The molecule has 54 valence electrons. The Morgan fingerprint density at radius 1 is 1.56 bits per heavy atom. The third-order valence-electron chi connectivity index (χ3n) is 0.528. The van der Waals surface area contributed by atoms with Crippen molar-refractivity contribution in [1.29, 1.82) is 0 Å². The number of hydrogen-bond donors (Lipinski definition) is 0. The Labute approximate surface area is 62.0 Å². The van der Waals surface area contributed by atoms with E-state index in [9.17, 15) is 11.7 Å². The second kappa shape index (κ2) is 4.29. The van der Waals surface area contributed by atoms with Gasteiger partial charge < -0.3 is 0 Å². The summed E-state index contributed by atoms with van der Waals surface area (Å²) in [5, 5.41) is 0. The SMILES string of the molecule is CCCO[S](=O)(=O)[Ta]=[O]. The van der Waals surface area contributed by atoms with Crippen LogP contribution in [0.15, 0.2) is 0 Å². The van der Waals surface area contributed by atoms with E-state index in [4.69, 9.17) is 0 Å². The van der Waals surface area contributed by atoms with Crippen LogP contribution < -0.4 is 0 Å². The van der Waals surface area contributed by atoms with Crippen molar-refractivity contribution in [3.05, 3.63) is 0 Å². The molecule has 0 saturated carbocycles. The van der Waals surface area contributed by atoms with Gasteiger partial charge in [0.2, 0.25) is 0 Å². The fourth-order valence-corrected chi connectivity index (χ4v) is 1.90. The van der Waals surface area contributed by atoms with Crippen molar-refractivity contribution in [2.24, 2.45) is 0 Å². The molecule has 0 fully saturated rings. The monoisotopic (exact) mass is 320 g/mol. The molecule has 0 bridgehead atoms. The average Bonchev–Trinajstić information content (AvgIpc) is 1.84. The molecule has 9 heavy (non-hydrogen) atoms. The first-order chi connectivity index (χ1) is 4.12. The zero-order valence-corrected chi connectivity index (χ0v) is 8.93. The second-order valence-corrected chi connectivity index (χ2v) is 8.99. The van der Waals surface area contributed by atoms with Crippen molar-refractivity contribution in [1.82, 2.24) is 0 Å². The molecule has 0 heterocycles. The van der Waals surface area contributed by atoms with Crippen molar-refractivity contribution in [2.45, 2.75) is 13.3 Å². The molecule has 0 N–H and O–H groups in total. The van der Waals surface area contributed by atoms with Gasteiger partial charge in [0.15, 0.2) is 0 Å². The summed E-state index contributed by atoms with van der Waals surface area (Å²) in [6, 6.07) is 0. The molecule has 0 aliphatic rings. The molecule has 0 atom stereocenters. The Morgan fingerprint density at radius 2 is 2.11 bits per heavy atom. The molecule has 0 radical (unpaired) electrons. The molecule has 0 unspecified atom stereocenters. The molecule has 0 aromatic carbocycles. The van der Waals surface area contributed by atoms with Crippen molar-refractivity contribution < 1.29 is 34.3 Å². The fraction of sp³-hybridized carbons (Fsp3) is 1.00. The van der Waals surface area contributed by atoms with E-state index >= 15 is 0 Å². The van der Waals surface area contributed by atoms with E-state index in [0.29, 0.717) is 6.42 Å². The van der Waals surface area contributed by atoms with Crippen LogP contribution in [0.2, 0.25) is 0 Å². The van der Waals surface area contributed by atoms with Crippen molar-refractivity contribution in [3.8, 4) is 0 Å². The Bertz CT molecular complexity index is 172. The standard InChI is InChI=1S/C3H7O3S.O.Ta/c1-2-3-6-7(4)5;;/h2-3H2,1H3;;. The molecule has 0 aromatic rings. The summed E-state index contributed by atoms with van der Waals surface area (Å²) in [5.74, 6) is 0. The van der Waals surface area contributed by atoms with Crippen LogP contribution in [-0.2, 0) is 33.4 Å². The maximum absolute atomic E-state index is 10.3. The quantitative estimate of drug-likeness (QED) is 0.736. The van der Waals surface area contributed by atoms with E-state index in [-0.39, 0.29) is 6.61 Å². The van der Waals surface area contributed by atoms with Crippen LogP contribution in [0.25, 0.3) is 0 Å². The Hall–Kier alpha value is 0.450. The summed E-state index contributed by atoms with van der Waals surface area (Å²) in [4.78, 5) is 0. The topological polar surface area (TPSA) is 60.4 Å². The van der Waals surface area contributed by atoms with Gasteiger partial charge in [-0.15, -0.1) is 0 Å². The first-order valence-corrected chi connectivity index (χ1v) is 8.97. The van der Waals surface area contributed by atoms with Crippen LogP contribution in [0.5, 0.6) is 0 Å². The zero-order chi connectivity index (χ0) is 7.33. The molecule has 0 aliphatic carbocycles. The van der Waals surface area contributed by atoms with E-state index < -0.39 is 26.0 Å². The molecule has 0 saturated heterocycles. The summed E-state index contributed by atoms with van der Waals surface area (Å²) in [7, 11) is -3.56. The van der Waals surface area contributed by atoms with Gasteiger partial charge in [-0.05, 0) is 0 Å². The average molecular weight is 320 g/mol. The van der Waals surface area contributed by atoms with E-state index in [0.717, 1.165) is 0 Å². The van der Waals surface area contributed by atoms with Crippen molar-refractivity contribution in [3.63, 3.8) is 0 Å². The maximum atomic E-state index is 10.3. The Morgan fingerprint density at radius 3 is 2.44 bits per heavy atom. The van der Waals surface area contributed by atoms with Crippen LogP contribution in [-0.4, -0.2) is 15.0 Å². The van der Waals surface area contributed by atoms with Crippen LogP contribution in [0.3, 0.4) is 0 Å². The molecule has 0 spiro atoms. The summed E-state index contributed by atoms with van der Waals surface area (Å²) in [5.41, 5.74) is 0. The minimum absolute atomic E-state index is 0.147. The molecule has 0 aliphatic heterocycles. The summed E-state index contributed by atoms with van der Waals surface area (Å²) in [6.07, 6.45) is 0.625. The molecule has 0 rings (SSSR count). The predicted molar refractivity (Wildman–Crippen MR) is 25.8 cm³/mol. The first kappa shape index (κ1) is 9.45. The van der Waals surface area contributed by atoms with Gasteiger partial charge in [-0.2, -0.15) is 0 Å². The fourth-order valence-electron chi connectivity index (χ4n) is 0.210. The summed E-state index contributed by atoms with van der Waals surface area (Å²) in [6.45, 7) is 1.93. The number of hydrogen-bond acceptors (Lipinski definition) is 4. The van der Waals surface area contributed by atoms with Crippen LogP contribution >= 0.6 is 0 Å². The van der Waals surface area contributed by atoms with Crippen LogP contribution in [0, 0.1) is 0 Å². The molecule has 0 amide bonds. The Kier molecular flexibility index (Phi) is 4.51. The van der Waals surface area contributed by atoms with Crippen LogP contribution in [0.1, 0.15) is 13.3 Å². The molecule has 6 heteroatoms. The number of rotatable bonds is 4.